The van der Waals surface area contributed by atoms with E-state index < -0.39 is 22.0 Å². The van der Waals surface area contributed by atoms with E-state index in [-0.39, 0.29) is 50.8 Å². The van der Waals surface area contributed by atoms with E-state index in [9.17, 15) is 22.3 Å². The van der Waals surface area contributed by atoms with Crippen LogP contribution in [0.15, 0.2) is 0 Å². The highest BCUT2D eigenvalue weighted by molar-refractivity contribution is 7.89. The van der Waals surface area contributed by atoms with Crippen LogP contribution in [0.4, 0.5) is 8.78 Å². The molecule has 0 unspecified atom stereocenters. The van der Waals surface area contributed by atoms with E-state index in [0.717, 1.165) is 0 Å². The van der Waals surface area contributed by atoms with Crippen LogP contribution in [0.1, 0.15) is 26.2 Å². The van der Waals surface area contributed by atoms with Gasteiger partial charge in [-0.2, -0.15) is 4.31 Å². The molecule has 2 saturated heterocycles. The second kappa shape index (κ2) is 5.82. The number of alkyl halides is 2. The number of aliphatic hydroxyl groups is 1. The second-order valence-corrected chi connectivity index (χ2v) is 7.75. The van der Waals surface area contributed by atoms with Crippen LogP contribution < -0.4 is 0 Å². The van der Waals surface area contributed by atoms with Crippen molar-refractivity contribution in [2.45, 2.75) is 44.3 Å². The minimum absolute atomic E-state index is 0.0600. The topological polar surface area (TPSA) is 60.9 Å². The normalized spacial score (nSPS) is 32.6. The van der Waals surface area contributed by atoms with E-state index in [2.05, 4.69) is 0 Å². The first-order chi connectivity index (χ1) is 9.25. The lowest BCUT2D eigenvalue weighted by molar-refractivity contribution is -0.0697. The maximum absolute atomic E-state index is 13.1. The first-order valence-electron chi connectivity index (χ1n) is 7.03. The Morgan fingerprint density at radius 1 is 1.25 bits per heavy atom. The summed E-state index contributed by atoms with van der Waals surface area (Å²) in [5, 5.41) is 10.0. The van der Waals surface area contributed by atoms with Crippen molar-refractivity contribution in [2.24, 2.45) is 0 Å². The Bertz CT molecular complexity index is 434. The largest absolute Gasteiger partial charge is 0.390 e. The minimum Gasteiger partial charge on any atom is -0.390 e. The molecule has 5 nitrogen and oxygen atoms in total. The first-order valence-corrected chi connectivity index (χ1v) is 8.64. The predicted molar refractivity (Wildman–Crippen MR) is 71.2 cm³/mol. The maximum atomic E-state index is 13.1. The van der Waals surface area contributed by atoms with Gasteiger partial charge in [-0.3, -0.25) is 4.90 Å². The molecule has 20 heavy (non-hydrogen) atoms. The molecule has 0 saturated carbocycles. The summed E-state index contributed by atoms with van der Waals surface area (Å²) in [6.45, 7) is 2.47. The molecule has 8 heteroatoms. The summed E-state index contributed by atoms with van der Waals surface area (Å²) >= 11 is 0. The van der Waals surface area contributed by atoms with Gasteiger partial charge in [-0.05, 0) is 6.42 Å². The van der Waals surface area contributed by atoms with Crippen LogP contribution in [0.5, 0.6) is 0 Å². The number of nitrogens with zero attached hydrogens (tertiary/aromatic N) is 2. The van der Waals surface area contributed by atoms with Crippen LogP contribution in [0, 0.1) is 0 Å². The predicted octanol–water partition coefficient (Wildman–Crippen LogP) is 0.502. The van der Waals surface area contributed by atoms with Crippen molar-refractivity contribution in [3.8, 4) is 0 Å². The Balaban J connectivity index is 1.98. The summed E-state index contributed by atoms with van der Waals surface area (Å²) in [6, 6.07) is -0.363. The molecular formula is C12H22F2N2O3S. The van der Waals surface area contributed by atoms with Crippen molar-refractivity contribution in [1.29, 1.82) is 0 Å². The van der Waals surface area contributed by atoms with Crippen LogP contribution in [0.3, 0.4) is 0 Å². The quantitative estimate of drug-likeness (QED) is 0.821. The molecule has 0 aromatic carbocycles. The molecule has 0 aromatic rings. The zero-order valence-electron chi connectivity index (χ0n) is 11.6. The number of aliphatic hydroxyl groups excluding tert-OH is 1. The maximum Gasteiger partial charge on any atom is 0.250 e. The Kier molecular flexibility index (Phi) is 4.68. The monoisotopic (exact) mass is 312 g/mol. The molecular weight excluding hydrogens is 290 g/mol. The lowest BCUT2D eigenvalue weighted by Gasteiger charge is -2.36. The fraction of sp³-hybridized carbons (Fsp3) is 1.00. The van der Waals surface area contributed by atoms with Gasteiger partial charge in [0.1, 0.15) is 0 Å². The summed E-state index contributed by atoms with van der Waals surface area (Å²) in [5.41, 5.74) is 0. The molecule has 2 atom stereocenters. The highest BCUT2D eigenvalue weighted by Crippen LogP contribution is 2.30. The van der Waals surface area contributed by atoms with Crippen molar-refractivity contribution in [1.82, 2.24) is 9.21 Å². The third kappa shape index (κ3) is 3.47. The Hall–Kier alpha value is -0.310. The van der Waals surface area contributed by atoms with Crippen LogP contribution in [-0.2, 0) is 10.0 Å². The van der Waals surface area contributed by atoms with Crippen molar-refractivity contribution in [3.63, 3.8) is 0 Å². The number of piperidine rings is 1. The number of hydrogen-bond donors (Lipinski definition) is 1. The molecule has 2 heterocycles. The van der Waals surface area contributed by atoms with Gasteiger partial charge < -0.3 is 5.11 Å². The zero-order chi connectivity index (χ0) is 15.0. The second-order valence-electron chi connectivity index (χ2n) is 5.66. The SMILES string of the molecule is CCCS(=O)(=O)N1C[C@@H](O)[C@H](N2CCC(F)(F)CC2)C1. The average Bonchev–Trinajstić information content (AvgIpc) is 2.72. The molecule has 0 spiro atoms. The van der Waals surface area contributed by atoms with Crippen LogP contribution in [0.25, 0.3) is 0 Å². The van der Waals surface area contributed by atoms with E-state index in [1.54, 1.807) is 11.8 Å². The summed E-state index contributed by atoms with van der Waals surface area (Å²) < 4.78 is 51.5. The molecule has 0 aliphatic carbocycles. The summed E-state index contributed by atoms with van der Waals surface area (Å²) in [6.07, 6.45) is -0.723. The highest BCUT2D eigenvalue weighted by atomic mass is 32.2. The lowest BCUT2D eigenvalue weighted by Crippen LogP contribution is -2.49. The van der Waals surface area contributed by atoms with Crippen molar-refractivity contribution >= 4 is 10.0 Å². The van der Waals surface area contributed by atoms with Gasteiger partial charge in [0.15, 0.2) is 0 Å². The fourth-order valence-electron chi connectivity index (χ4n) is 2.89. The van der Waals surface area contributed by atoms with Gasteiger partial charge in [-0.1, -0.05) is 6.92 Å². The van der Waals surface area contributed by atoms with Gasteiger partial charge in [-0.15, -0.1) is 0 Å². The minimum atomic E-state index is -3.34. The summed E-state index contributed by atoms with van der Waals surface area (Å²) in [4.78, 5) is 1.80. The smallest absolute Gasteiger partial charge is 0.250 e. The van der Waals surface area contributed by atoms with Gasteiger partial charge in [0, 0.05) is 39.0 Å². The van der Waals surface area contributed by atoms with Gasteiger partial charge in [0.25, 0.3) is 5.92 Å². The third-order valence-electron chi connectivity index (χ3n) is 4.08. The Morgan fingerprint density at radius 2 is 1.85 bits per heavy atom. The van der Waals surface area contributed by atoms with Crippen LogP contribution in [0.2, 0.25) is 0 Å². The Morgan fingerprint density at radius 3 is 2.40 bits per heavy atom. The van der Waals surface area contributed by atoms with Crippen molar-refractivity contribution in [2.75, 3.05) is 31.9 Å². The molecule has 0 aromatic heterocycles. The molecule has 0 bridgehead atoms. The summed E-state index contributed by atoms with van der Waals surface area (Å²) in [5.74, 6) is -2.57. The molecule has 2 rings (SSSR count). The highest BCUT2D eigenvalue weighted by Gasteiger charge is 2.43. The van der Waals surface area contributed by atoms with Crippen molar-refractivity contribution < 1.29 is 22.3 Å². The Labute approximate surface area is 118 Å². The van der Waals surface area contributed by atoms with E-state index in [1.807, 2.05) is 0 Å². The third-order valence-corrected chi connectivity index (χ3v) is 6.09. The number of rotatable bonds is 4. The van der Waals surface area contributed by atoms with E-state index in [4.69, 9.17) is 0 Å². The van der Waals surface area contributed by atoms with Crippen molar-refractivity contribution in [3.05, 3.63) is 0 Å². The van der Waals surface area contributed by atoms with Crippen LogP contribution in [-0.4, -0.2) is 72.7 Å². The van der Waals surface area contributed by atoms with E-state index in [1.165, 1.54) is 4.31 Å². The fourth-order valence-corrected chi connectivity index (χ4v) is 4.42. The first kappa shape index (κ1) is 16.1. The number of sulfonamides is 1. The average molecular weight is 312 g/mol. The van der Waals surface area contributed by atoms with Crippen LogP contribution >= 0.6 is 0 Å². The molecule has 118 valence electrons. The molecule has 0 radical (unpaired) electrons. The van der Waals surface area contributed by atoms with Gasteiger partial charge in [-0.25, -0.2) is 17.2 Å². The lowest BCUT2D eigenvalue weighted by atomic mass is 10.0. The number of hydrogen-bond acceptors (Lipinski definition) is 4. The molecule has 1 N–H and O–H groups in total. The number of β-amino-alcohol motifs (C(OH)–C–C–N with tert-alkyl or cyclic N) is 1. The van der Waals surface area contributed by atoms with E-state index in [0.29, 0.717) is 6.42 Å². The van der Waals surface area contributed by atoms with Gasteiger partial charge in [0.05, 0.1) is 17.9 Å². The molecule has 0 amide bonds. The number of likely N-dealkylation sites (tertiary alicyclic amines) is 1. The molecule has 2 aliphatic heterocycles. The zero-order valence-corrected chi connectivity index (χ0v) is 12.5. The number of halogens is 2. The van der Waals surface area contributed by atoms with Gasteiger partial charge >= 0.3 is 0 Å². The van der Waals surface area contributed by atoms with E-state index >= 15 is 0 Å². The molecule has 2 fully saturated rings. The molecule has 2 aliphatic rings. The van der Waals surface area contributed by atoms with Gasteiger partial charge in [0.2, 0.25) is 10.0 Å². The standard InChI is InChI=1S/C12H22F2N2O3S/c1-2-7-20(18,19)16-8-10(11(17)9-16)15-5-3-12(13,14)4-6-15/h10-11,17H,2-9H2,1H3/t10-,11-/m1/s1. The summed E-state index contributed by atoms with van der Waals surface area (Å²) in [7, 11) is -3.34.